The summed E-state index contributed by atoms with van der Waals surface area (Å²) in [5.74, 6) is -2.56. The lowest BCUT2D eigenvalue weighted by atomic mass is 9.96. The SMILES string of the molecule is CCCc1ccc(-c2ccc3c(F)c(CCc4cc(F)c(C#N)c(F)c4)ccc3c2)c(F)c1. The molecule has 0 heterocycles. The fourth-order valence-electron chi connectivity index (χ4n) is 4.09. The molecule has 0 saturated carbocycles. The summed E-state index contributed by atoms with van der Waals surface area (Å²) in [5.41, 5.74) is 2.21. The van der Waals surface area contributed by atoms with Crippen molar-refractivity contribution >= 4 is 10.8 Å². The lowest BCUT2D eigenvalue weighted by molar-refractivity contribution is 0.572. The number of rotatable bonds is 6. The van der Waals surface area contributed by atoms with Gasteiger partial charge in [-0.2, -0.15) is 5.26 Å². The molecular formula is C28H21F4N. The highest BCUT2D eigenvalue weighted by atomic mass is 19.1. The van der Waals surface area contributed by atoms with Crippen molar-refractivity contribution in [2.75, 3.05) is 0 Å². The fraction of sp³-hybridized carbons (Fsp3) is 0.179. The molecule has 0 aliphatic carbocycles. The van der Waals surface area contributed by atoms with Crippen molar-refractivity contribution in [1.29, 1.82) is 5.26 Å². The van der Waals surface area contributed by atoms with Crippen molar-refractivity contribution in [3.05, 3.63) is 106 Å². The van der Waals surface area contributed by atoms with E-state index in [1.807, 2.05) is 13.0 Å². The Morgan fingerprint density at radius 1 is 0.727 bits per heavy atom. The highest BCUT2D eigenvalue weighted by Gasteiger charge is 2.14. The molecule has 0 aliphatic heterocycles. The minimum Gasteiger partial charge on any atom is -0.206 e. The Morgan fingerprint density at radius 3 is 2.12 bits per heavy atom. The zero-order valence-corrected chi connectivity index (χ0v) is 18.1. The Labute approximate surface area is 189 Å². The second-order valence-electron chi connectivity index (χ2n) is 8.09. The van der Waals surface area contributed by atoms with E-state index in [2.05, 4.69) is 0 Å². The van der Waals surface area contributed by atoms with Crippen LogP contribution in [0.1, 0.15) is 35.6 Å². The quantitative estimate of drug-likeness (QED) is 0.278. The van der Waals surface area contributed by atoms with Crippen LogP contribution in [-0.4, -0.2) is 0 Å². The van der Waals surface area contributed by atoms with Crippen LogP contribution in [0.3, 0.4) is 0 Å². The molecule has 0 N–H and O–H groups in total. The van der Waals surface area contributed by atoms with Gasteiger partial charge in [-0.15, -0.1) is 0 Å². The second-order valence-corrected chi connectivity index (χ2v) is 8.09. The molecule has 166 valence electrons. The monoisotopic (exact) mass is 447 g/mol. The molecule has 33 heavy (non-hydrogen) atoms. The topological polar surface area (TPSA) is 23.8 Å². The maximum atomic E-state index is 15.1. The Kier molecular flexibility index (Phi) is 6.46. The normalized spacial score (nSPS) is 11.0. The fourth-order valence-corrected chi connectivity index (χ4v) is 4.09. The van der Waals surface area contributed by atoms with Crippen molar-refractivity contribution in [3.8, 4) is 17.2 Å². The first-order valence-corrected chi connectivity index (χ1v) is 10.8. The van der Waals surface area contributed by atoms with E-state index < -0.39 is 23.0 Å². The molecule has 1 nitrogen and oxygen atoms in total. The summed E-state index contributed by atoms with van der Waals surface area (Å²) in [5, 5.41) is 9.82. The molecule has 0 aromatic heterocycles. The number of nitrogens with zero attached hydrogens (tertiary/aromatic N) is 1. The first kappa shape index (κ1) is 22.5. The van der Waals surface area contributed by atoms with Crippen LogP contribution >= 0.6 is 0 Å². The first-order valence-electron chi connectivity index (χ1n) is 10.8. The third-order valence-corrected chi connectivity index (χ3v) is 5.81. The lowest BCUT2D eigenvalue weighted by Gasteiger charge is -2.10. The largest absolute Gasteiger partial charge is 0.206 e. The van der Waals surface area contributed by atoms with E-state index in [1.165, 1.54) is 6.07 Å². The number of nitriles is 1. The number of halogens is 4. The number of fused-ring (bicyclic) bond motifs is 1. The van der Waals surface area contributed by atoms with Crippen LogP contribution in [0.2, 0.25) is 0 Å². The van der Waals surface area contributed by atoms with Gasteiger partial charge >= 0.3 is 0 Å². The molecule has 0 unspecified atom stereocenters. The number of aryl methyl sites for hydroxylation is 3. The van der Waals surface area contributed by atoms with Crippen LogP contribution in [-0.2, 0) is 19.3 Å². The van der Waals surface area contributed by atoms with Crippen molar-refractivity contribution in [2.45, 2.75) is 32.6 Å². The summed E-state index contributed by atoms with van der Waals surface area (Å²) >= 11 is 0. The average molecular weight is 447 g/mol. The Morgan fingerprint density at radius 2 is 1.45 bits per heavy atom. The number of benzene rings is 4. The van der Waals surface area contributed by atoms with Crippen molar-refractivity contribution in [2.24, 2.45) is 0 Å². The summed E-state index contributed by atoms with van der Waals surface area (Å²) in [4.78, 5) is 0. The molecule has 0 radical (unpaired) electrons. The zero-order valence-electron chi connectivity index (χ0n) is 18.1. The van der Waals surface area contributed by atoms with Gasteiger partial charge in [0.15, 0.2) is 0 Å². The van der Waals surface area contributed by atoms with Gasteiger partial charge in [-0.1, -0.05) is 49.7 Å². The van der Waals surface area contributed by atoms with Gasteiger partial charge in [0.1, 0.15) is 34.9 Å². The van der Waals surface area contributed by atoms with Crippen LogP contribution < -0.4 is 0 Å². The van der Waals surface area contributed by atoms with E-state index in [1.54, 1.807) is 42.5 Å². The Hall–Kier alpha value is -3.65. The van der Waals surface area contributed by atoms with Gasteiger partial charge < -0.3 is 0 Å². The van der Waals surface area contributed by atoms with Gasteiger partial charge in [-0.05, 0) is 71.2 Å². The predicted octanol–water partition coefficient (Wildman–Crippen LogP) is 7.67. The average Bonchev–Trinajstić information content (AvgIpc) is 2.79. The molecule has 4 rings (SSSR count). The van der Waals surface area contributed by atoms with Crippen molar-refractivity contribution in [1.82, 2.24) is 0 Å². The molecule has 0 saturated heterocycles. The Bertz CT molecular complexity index is 1360. The molecule has 4 aromatic rings. The van der Waals surface area contributed by atoms with Crippen LogP contribution in [0, 0.1) is 34.6 Å². The minimum atomic E-state index is -0.922. The third kappa shape index (κ3) is 4.61. The van der Waals surface area contributed by atoms with Crippen LogP contribution in [0.15, 0.2) is 60.7 Å². The highest BCUT2D eigenvalue weighted by Crippen LogP contribution is 2.30. The van der Waals surface area contributed by atoms with Crippen LogP contribution in [0.4, 0.5) is 17.6 Å². The van der Waals surface area contributed by atoms with E-state index in [-0.39, 0.29) is 18.7 Å². The van der Waals surface area contributed by atoms with Crippen molar-refractivity contribution in [3.63, 3.8) is 0 Å². The molecule has 4 aromatic carbocycles. The Balaban J connectivity index is 1.59. The van der Waals surface area contributed by atoms with Gasteiger partial charge in [-0.25, -0.2) is 17.6 Å². The molecule has 0 fully saturated rings. The summed E-state index contributed by atoms with van der Waals surface area (Å²) < 4.78 is 57.4. The molecule has 0 atom stereocenters. The third-order valence-electron chi connectivity index (χ3n) is 5.81. The zero-order chi connectivity index (χ0) is 23.5. The lowest BCUT2D eigenvalue weighted by Crippen LogP contribution is -1.99. The van der Waals surface area contributed by atoms with Gasteiger partial charge in [0, 0.05) is 10.9 Å². The predicted molar refractivity (Wildman–Crippen MR) is 122 cm³/mol. The summed E-state index contributed by atoms with van der Waals surface area (Å²) in [6, 6.07) is 17.4. The van der Waals surface area contributed by atoms with E-state index in [9.17, 15) is 13.2 Å². The van der Waals surface area contributed by atoms with E-state index in [0.29, 0.717) is 33.0 Å². The number of hydrogen-bond donors (Lipinski definition) is 0. The number of hydrogen-bond acceptors (Lipinski definition) is 1. The minimum absolute atomic E-state index is 0.218. The van der Waals surface area contributed by atoms with E-state index >= 15 is 4.39 Å². The molecule has 5 heteroatoms. The molecule has 0 bridgehead atoms. The van der Waals surface area contributed by atoms with Crippen molar-refractivity contribution < 1.29 is 17.6 Å². The van der Waals surface area contributed by atoms with Gasteiger partial charge in [0.05, 0.1) is 0 Å². The van der Waals surface area contributed by atoms with Gasteiger partial charge in [0.25, 0.3) is 0 Å². The van der Waals surface area contributed by atoms with Crippen LogP contribution in [0.25, 0.3) is 21.9 Å². The first-order chi connectivity index (χ1) is 15.9. The van der Waals surface area contributed by atoms with Crippen LogP contribution in [0.5, 0.6) is 0 Å². The maximum absolute atomic E-state index is 15.1. The molecule has 0 spiro atoms. The maximum Gasteiger partial charge on any atom is 0.144 e. The molecule has 0 amide bonds. The summed E-state index contributed by atoms with van der Waals surface area (Å²) in [6.45, 7) is 2.04. The summed E-state index contributed by atoms with van der Waals surface area (Å²) in [6.07, 6.45) is 2.20. The second kappa shape index (κ2) is 9.46. The van der Waals surface area contributed by atoms with E-state index in [4.69, 9.17) is 5.26 Å². The van der Waals surface area contributed by atoms with Gasteiger partial charge in [0.2, 0.25) is 0 Å². The molecule has 0 aliphatic rings. The standard InChI is InChI=1S/C28H21F4N/c1-2-3-17-5-10-22(25(29)12-17)20-9-11-23-21(15-20)8-7-19(28(23)32)6-4-18-13-26(30)24(16-33)27(31)14-18/h5,7-15H,2-4,6H2,1H3. The highest BCUT2D eigenvalue weighted by molar-refractivity contribution is 5.88. The van der Waals surface area contributed by atoms with E-state index in [0.717, 1.165) is 30.5 Å². The smallest absolute Gasteiger partial charge is 0.144 e. The molecular weight excluding hydrogens is 426 g/mol. The summed E-state index contributed by atoms with van der Waals surface area (Å²) in [7, 11) is 0. The van der Waals surface area contributed by atoms with Gasteiger partial charge in [-0.3, -0.25) is 0 Å².